The smallest absolute Gasteiger partial charge is 0.453 e. The highest BCUT2D eigenvalue weighted by Crippen LogP contribution is 2.31. The third kappa shape index (κ3) is 3.23. The van der Waals surface area contributed by atoms with E-state index in [2.05, 4.69) is 20.4 Å². The molecule has 140 valence electrons. The molecular weight excluding hydrogens is 367 g/mol. The van der Waals surface area contributed by atoms with E-state index in [9.17, 15) is 18.0 Å². The maximum atomic E-state index is 12.8. The number of alkyl halides is 3. The Hall–Kier alpha value is -3.37. The Labute approximate surface area is 149 Å². The predicted octanol–water partition coefficient (Wildman–Crippen LogP) is 2.23. The highest BCUT2D eigenvalue weighted by molar-refractivity contribution is 5.94. The van der Waals surface area contributed by atoms with Gasteiger partial charge in [0.15, 0.2) is 11.5 Å². The number of hydrogen-bond donors (Lipinski definition) is 1. The van der Waals surface area contributed by atoms with Crippen LogP contribution in [0.25, 0.3) is 5.78 Å². The predicted molar refractivity (Wildman–Crippen MR) is 85.5 cm³/mol. The molecule has 0 radical (unpaired) electrons. The Balaban J connectivity index is 1.56. The number of aryl methyl sites for hydroxylation is 1. The molecule has 11 heteroatoms. The number of anilines is 1. The van der Waals surface area contributed by atoms with E-state index >= 15 is 0 Å². The number of ether oxygens (including phenoxy) is 2. The maximum absolute atomic E-state index is 12.8. The van der Waals surface area contributed by atoms with Gasteiger partial charge >= 0.3 is 6.18 Å². The van der Waals surface area contributed by atoms with Crippen LogP contribution in [-0.2, 0) is 11.0 Å². The van der Waals surface area contributed by atoms with Crippen molar-refractivity contribution < 1.29 is 27.4 Å². The second-order valence-corrected chi connectivity index (χ2v) is 5.78. The first-order valence-corrected chi connectivity index (χ1v) is 7.82. The number of nitrogens with one attached hydrogen (secondary N) is 1. The second-order valence-electron chi connectivity index (χ2n) is 5.78. The average Bonchev–Trinajstić information content (AvgIpc) is 3.06. The summed E-state index contributed by atoms with van der Waals surface area (Å²) < 4.78 is 50.3. The molecule has 0 bridgehead atoms. The summed E-state index contributed by atoms with van der Waals surface area (Å²) in [5.74, 6) is -1.13. The fraction of sp³-hybridized carbons (Fsp3) is 0.250. The SMILES string of the molecule is Cc1cc(NC(=O)[C@H]2COc3ccccc3O2)nc2nc(C(F)(F)F)nn12. The van der Waals surface area contributed by atoms with E-state index < -0.39 is 24.0 Å². The van der Waals surface area contributed by atoms with E-state index in [1.807, 2.05) is 0 Å². The summed E-state index contributed by atoms with van der Waals surface area (Å²) in [7, 11) is 0. The lowest BCUT2D eigenvalue weighted by atomic mass is 10.2. The minimum Gasteiger partial charge on any atom is -0.485 e. The van der Waals surface area contributed by atoms with Crippen molar-refractivity contribution in [3.8, 4) is 11.5 Å². The monoisotopic (exact) mass is 379 g/mol. The molecule has 27 heavy (non-hydrogen) atoms. The number of benzene rings is 1. The lowest BCUT2D eigenvalue weighted by molar-refractivity contribution is -0.144. The van der Waals surface area contributed by atoms with Gasteiger partial charge < -0.3 is 14.8 Å². The normalized spacial score (nSPS) is 16.4. The van der Waals surface area contributed by atoms with Gasteiger partial charge in [0.05, 0.1) is 0 Å². The number of halogens is 3. The summed E-state index contributed by atoms with van der Waals surface area (Å²) in [6, 6.07) is 8.28. The van der Waals surface area contributed by atoms with Crippen LogP contribution >= 0.6 is 0 Å². The zero-order chi connectivity index (χ0) is 19.2. The number of carbonyl (C=O) groups excluding carboxylic acids is 1. The molecule has 1 atom stereocenters. The lowest BCUT2D eigenvalue weighted by Crippen LogP contribution is -2.40. The van der Waals surface area contributed by atoms with Crippen LogP contribution in [-0.4, -0.2) is 38.2 Å². The molecule has 4 rings (SSSR count). The molecule has 3 aromatic rings. The van der Waals surface area contributed by atoms with E-state index in [-0.39, 0.29) is 18.2 Å². The van der Waals surface area contributed by atoms with Gasteiger partial charge in [0.1, 0.15) is 12.4 Å². The van der Waals surface area contributed by atoms with Gasteiger partial charge in [0, 0.05) is 11.8 Å². The first kappa shape index (κ1) is 17.1. The molecule has 0 unspecified atom stereocenters. The topological polar surface area (TPSA) is 90.6 Å². The van der Waals surface area contributed by atoms with E-state index in [1.54, 1.807) is 24.3 Å². The van der Waals surface area contributed by atoms with Crippen molar-refractivity contribution >= 4 is 17.5 Å². The van der Waals surface area contributed by atoms with Crippen molar-refractivity contribution in [2.45, 2.75) is 19.2 Å². The molecule has 2 aromatic heterocycles. The quantitative estimate of drug-likeness (QED) is 0.734. The molecule has 1 aliphatic rings. The van der Waals surface area contributed by atoms with Crippen molar-refractivity contribution in [3.05, 3.63) is 41.9 Å². The van der Waals surface area contributed by atoms with Crippen LogP contribution in [0.1, 0.15) is 11.5 Å². The molecular formula is C16H12F3N5O3. The number of fused-ring (bicyclic) bond motifs is 2. The van der Waals surface area contributed by atoms with Crippen LogP contribution in [0.4, 0.5) is 19.0 Å². The Morgan fingerprint density at radius 2 is 2.00 bits per heavy atom. The van der Waals surface area contributed by atoms with E-state index in [0.717, 1.165) is 4.52 Å². The fourth-order valence-corrected chi connectivity index (χ4v) is 2.55. The van der Waals surface area contributed by atoms with Crippen molar-refractivity contribution in [2.75, 3.05) is 11.9 Å². The van der Waals surface area contributed by atoms with Crippen LogP contribution in [0, 0.1) is 6.92 Å². The third-order valence-corrected chi connectivity index (χ3v) is 3.80. The summed E-state index contributed by atoms with van der Waals surface area (Å²) in [6.45, 7) is 1.52. The Morgan fingerprint density at radius 1 is 1.26 bits per heavy atom. The fourth-order valence-electron chi connectivity index (χ4n) is 2.55. The highest BCUT2D eigenvalue weighted by Gasteiger charge is 2.37. The summed E-state index contributed by atoms with van der Waals surface area (Å²) in [6.07, 6.45) is -5.62. The molecule has 1 N–H and O–H groups in total. The van der Waals surface area contributed by atoms with Crippen molar-refractivity contribution in [1.82, 2.24) is 19.6 Å². The summed E-state index contributed by atoms with van der Waals surface area (Å²) in [4.78, 5) is 19.7. The van der Waals surface area contributed by atoms with Gasteiger partial charge in [-0.25, -0.2) is 4.52 Å². The number of aromatic nitrogens is 4. The van der Waals surface area contributed by atoms with Gasteiger partial charge in [-0.2, -0.15) is 23.1 Å². The molecule has 8 nitrogen and oxygen atoms in total. The molecule has 1 amide bonds. The third-order valence-electron chi connectivity index (χ3n) is 3.80. The molecule has 0 spiro atoms. The summed E-state index contributed by atoms with van der Waals surface area (Å²) >= 11 is 0. The Kier molecular flexibility index (Phi) is 3.86. The largest absolute Gasteiger partial charge is 0.485 e. The van der Waals surface area contributed by atoms with Gasteiger partial charge in [0.2, 0.25) is 6.10 Å². The number of rotatable bonds is 2. The van der Waals surface area contributed by atoms with Crippen molar-refractivity contribution in [1.29, 1.82) is 0 Å². The molecule has 0 aliphatic carbocycles. The van der Waals surface area contributed by atoms with E-state index in [0.29, 0.717) is 17.2 Å². The Bertz CT molecular complexity index is 1030. The number of amides is 1. The minimum atomic E-state index is -4.69. The van der Waals surface area contributed by atoms with Gasteiger partial charge in [-0.1, -0.05) is 12.1 Å². The number of para-hydroxylation sites is 2. The first-order valence-electron chi connectivity index (χ1n) is 7.82. The van der Waals surface area contributed by atoms with Crippen LogP contribution in [0.5, 0.6) is 11.5 Å². The lowest BCUT2D eigenvalue weighted by Gasteiger charge is -2.25. The molecule has 0 fully saturated rings. The highest BCUT2D eigenvalue weighted by atomic mass is 19.4. The van der Waals surface area contributed by atoms with Crippen LogP contribution < -0.4 is 14.8 Å². The Morgan fingerprint density at radius 3 is 2.74 bits per heavy atom. The average molecular weight is 379 g/mol. The van der Waals surface area contributed by atoms with Crippen LogP contribution in [0.15, 0.2) is 30.3 Å². The zero-order valence-electron chi connectivity index (χ0n) is 13.8. The molecule has 1 aliphatic heterocycles. The molecule has 0 saturated carbocycles. The van der Waals surface area contributed by atoms with Crippen LogP contribution in [0.3, 0.4) is 0 Å². The second kappa shape index (κ2) is 6.11. The van der Waals surface area contributed by atoms with Crippen LogP contribution in [0.2, 0.25) is 0 Å². The van der Waals surface area contributed by atoms with Gasteiger partial charge in [-0.3, -0.25) is 4.79 Å². The van der Waals surface area contributed by atoms with E-state index in [4.69, 9.17) is 9.47 Å². The van der Waals surface area contributed by atoms with Gasteiger partial charge in [-0.15, -0.1) is 5.10 Å². The first-order chi connectivity index (χ1) is 12.8. The van der Waals surface area contributed by atoms with Gasteiger partial charge in [-0.05, 0) is 19.1 Å². The number of hydrogen-bond acceptors (Lipinski definition) is 6. The molecule has 0 saturated heterocycles. The molecule has 1 aromatic carbocycles. The minimum absolute atomic E-state index is 0.00672. The zero-order valence-corrected chi connectivity index (χ0v) is 13.8. The molecule has 3 heterocycles. The number of nitrogens with zero attached hydrogens (tertiary/aromatic N) is 4. The van der Waals surface area contributed by atoms with Crippen molar-refractivity contribution in [3.63, 3.8) is 0 Å². The summed E-state index contributed by atoms with van der Waals surface area (Å²) in [5.41, 5.74) is 0.324. The standard InChI is InChI=1S/C16H12F3N5O3/c1-8-6-12(21-15-22-14(16(17,18)19)23-24(8)15)20-13(25)11-7-26-9-4-2-3-5-10(9)27-11/h2-6,11H,7H2,1H3,(H,20,21,22,23,25)/t11-/m1/s1. The maximum Gasteiger partial charge on any atom is 0.453 e. The van der Waals surface area contributed by atoms with Gasteiger partial charge in [0.25, 0.3) is 17.5 Å². The summed E-state index contributed by atoms with van der Waals surface area (Å²) in [5, 5.41) is 5.89. The van der Waals surface area contributed by atoms with E-state index in [1.165, 1.54) is 13.0 Å². The van der Waals surface area contributed by atoms with Crippen molar-refractivity contribution in [2.24, 2.45) is 0 Å². The number of carbonyl (C=O) groups is 1.